The van der Waals surface area contributed by atoms with Crippen LogP contribution in [0.5, 0.6) is 0 Å². The molecule has 1 heteroatoms. The van der Waals surface area contributed by atoms with E-state index < -0.39 is 0 Å². The molecule has 0 aliphatic rings. The van der Waals surface area contributed by atoms with Crippen LogP contribution in [0.25, 0.3) is 0 Å². The molecule has 0 aromatic heterocycles. The van der Waals surface area contributed by atoms with Crippen LogP contribution in [0.15, 0.2) is 24.8 Å². The van der Waals surface area contributed by atoms with Crippen LogP contribution in [0.1, 0.15) is 26.7 Å². The predicted molar refractivity (Wildman–Crippen MR) is 58.5 cm³/mol. The van der Waals surface area contributed by atoms with Crippen molar-refractivity contribution in [1.82, 2.24) is 4.90 Å². The molecule has 0 bridgehead atoms. The smallest absolute Gasteiger partial charge is 0.00219 e. The highest BCUT2D eigenvalue weighted by atomic mass is 15.0. The summed E-state index contributed by atoms with van der Waals surface area (Å²) in [5, 5.41) is 0. The molecule has 0 amide bonds. The Morgan fingerprint density at radius 2 is 1.75 bits per heavy atom. The number of rotatable bonds is 4. The highest BCUT2D eigenvalue weighted by Gasteiger charge is 1.85. The van der Waals surface area contributed by atoms with Crippen LogP contribution in [-0.2, 0) is 0 Å². The molecule has 0 radical (unpaired) electrons. The first kappa shape index (κ1) is 14.0. The van der Waals surface area contributed by atoms with Crippen molar-refractivity contribution >= 4 is 0 Å². The second kappa shape index (κ2) is 13.1. The van der Waals surface area contributed by atoms with Gasteiger partial charge in [-0.15, -0.1) is 6.58 Å². The van der Waals surface area contributed by atoms with E-state index in [0.29, 0.717) is 0 Å². The fourth-order valence-corrected chi connectivity index (χ4v) is 0.692. The Bertz CT molecular complexity index is 104. The molecule has 0 saturated heterocycles. The normalized spacial score (nSPS) is 9.75. The van der Waals surface area contributed by atoms with E-state index in [1.54, 1.807) is 6.08 Å². The zero-order valence-electron chi connectivity index (χ0n) is 9.01. The lowest BCUT2D eigenvalue weighted by molar-refractivity contribution is 0.402. The number of hydrogen-bond donors (Lipinski definition) is 0. The zero-order valence-corrected chi connectivity index (χ0v) is 9.01. The van der Waals surface area contributed by atoms with E-state index in [1.807, 2.05) is 6.92 Å². The summed E-state index contributed by atoms with van der Waals surface area (Å²) in [7, 11) is 4.21. The molecule has 0 aliphatic heterocycles. The van der Waals surface area contributed by atoms with Crippen molar-refractivity contribution in [3.05, 3.63) is 24.8 Å². The van der Waals surface area contributed by atoms with Crippen LogP contribution in [0.3, 0.4) is 0 Å². The topological polar surface area (TPSA) is 3.24 Å². The van der Waals surface area contributed by atoms with E-state index in [9.17, 15) is 0 Å². The summed E-state index contributed by atoms with van der Waals surface area (Å²) in [6.45, 7) is 8.51. The van der Waals surface area contributed by atoms with Crippen molar-refractivity contribution in [2.24, 2.45) is 0 Å². The van der Waals surface area contributed by atoms with E-state index in [0.717, 1.165) is 0 Å². The van der Waals surface area contributed by atoms with Gasteiger partial charge in [0.05, 0.1) is 0 Å². The van der Waals surface area contributed by atoms with Gasteiger partial charge in [-0.05, 0) is 47.3 Å². The Balaban J connectivity index is 0. The molecule has 0 atom stereocenters. The average Bonchev–Trinajstić information content (AvgIpc) is 1.99. The second-order valence-electron chi connectivity index (χ2n) is 2.92. The minimum absolute atomic E-state index is 1.20. The van der Waals surface area contributed by atoms with Gasteiger partial charge in [-0.25, -0.2) is 0 Å². The van der Waals surface area contributed by atoms with E-state index in [1.165, 1.54) is 19.4 Å². The van der Waals surface area contributed by atoms with Gasteiger partial charge in [0, 0.05) is 0 Å². The monoisotopic (exact) mass is 169 g/mol. The van der Waals surface area contributed by atoms with Gasteiger partial charge in [0.15, 0.2) is 0 Å². The van der Waals surface area contributed by atoms with Gasteiger partial charge >= 0.3 is 0 Å². The van der Waals surface area contributed by atoms with Gasteiger partial charge in [-0.1, -0.05) is 18.2 Å². The molecule has 0 aliphatic carbocycles. The van der Waals surface area contributed by atoms with Crippen LogP contribution in [0.4, 0.5) is 0 Å². The minimum atomic E-state index is 1.20. The molecule has 0 fully saturated rings. The van der Waals surface area contributed by atoms with Gasteiger partial charge in [0.1, 0.15) is 0 Å². The van der Waals surface area contributed by atoms with Crippen LogP contribution in [0, 0.1) is 0 Å². The van der Waals surface area contributed by atoms with Gasteiger partial charge in [0.2, 0.25) is 0 Å². The maximum Gasteiger partial charge on any atom is -0.00219 e. The highest BCUT2D eigenvalue weighted by Crippen LogP contribution is 1.91. The molecule has 72 valence electrons. The van der Waals surface area contributed by atoms with Gasteiger partial charge in [0.25, 0.3) is 0 Å². The molecule has 0 unspecified atom stereocenters. The Morgan fingerprint density at radius 3 is 2.08 bits per heavy atom. The average molecular weight is 169 g/mol. The minimum Gasteiger partial charge on any atom is -0.309 e. The molecule has 0 N–H and O–H groups in total. The number of nitrogens with zero attached hydrogens (tertiary/aromatic N) is 1. The Kier molecular flexibility index (Phi) is 15.2. The third-order valence-electron chi connectivity index (χ3n) is 1.21. The second-order valence-corrected chi connectivity index (χ2v) is 2.92. The first-order chi connectivity index (χ1) is 5.68. The number of allylic oxidation sites excluding steroid dienone is 3. The molecule has 0 aromatic carbocycles. The molecule has 0 heterocycles. The van der Waals surface area contributed by atoms with Crippen LogP contribution < -0.4 is 0 Å². The lowest BCUT2D eigenvalue weighted by atomic mass is 10.3. The van der Waals surface area contributed by atoms with Gasteiger partial charge in [-0.2, -0.15) is 0 Å². The Labute approximate surface area is 77.8 Å². The Hall–Kier alpha value is -0.560. The summed E-state index contributed by atoms with van der Waals surface area (Å²) in [5.41, 5.74) is 0. The molecular weight excluding hydrogens is 146 g/mol. The SMILES string of the molecule is C=CC.CC=CCCCN(C)C. The molecule has 0 aromatic rings. The van der Waals surface area contributed by atoms with Crippen LogP contribution in [0.2, 0.25) is 0 Å². The first-order valence-electron chi connectivity index (χ1n) is 4.52. The molecule has 12 heavy (non-hydrogen) atoms. The molecule has 0 rings (SSSR count). The Morgan fingerprint density at radius 1 is 1.25 bits per heavy atom. The van der Waals surface area contributed by atoms with E-state index in [4.69, 9.17) is 0 Å². The summed E-state index contributed by atoms with van der Waals surface area (Å²) in [4.78, 5) is 2.21. The lowest BCUT2D eigenvalue weighted by Gasteiger charge is -2.06. The maximum absolute atomic E-state index is 3.36. The predicted octanol–water partition coefficient (Wildman–Crippen LogP) is 3.10. The van der Waals surface area contributed by atoms with E-state index in [-0.39, 0.29) is 0 Å². The quantitative estimate of drug-likeness (QED) is 0.462. The molecule has 0 saturated carbocycles. The third-order valence-corrected chi connectivity index (χ3v) is 1.21. The van der Waals surface area contributed by atoms with Crippen molar-refractivity contribution in [2.75, 3.05) is 20.6 Å². The van der Waals surface area contributed by atoms with Crippen molar-refractivity contribution in [2.45, 2.75) is 26.7 Å². The van der Waals surface area contributed by atoms with Gasteiger partial charge in [-0.3, -0.25) is 0 Å². The van der Waals surface area contributed by atoms with Crippen LogP contribution >= 0.6 is 0 Å². The van der Waals surface area contributed by atoms with E-state index in [2.05, 4.69) is 44.6 Å². The number of unbranched alkanes of at least 4 members (excludes halogenated alkanes) is 1. The van der Waals surface area contributed by atoms with Crippen molar-refractivity contribution in [3.63, 3.8) is 0 Å². The fraction of sp³-hybridized carbons (Fsp3) is 0.636. The molecular formula is C11H23N. The van der Waals surface area contributed by atoms with Gasteiger partial charge < -0.3 is 4.90 Å². The third kappa shape index (κ3) is 22.7. The summed E-state index contributed by atoms with van der Waals surface area (Å²) < 4.78 is 0. The first-order valence-corrected chi connectivity index (χ1v) is 4.52. The summed E-state index contributed by atoms with van der Waals surface area (Å²) in [5.74, 6) is 0. The van der Waals surface area contributed by atoms with E-state index >= 15 is 0 Å². The van der Waals surface area contributed by atoms with Crippen LogP contribution in [-0.4, -0.2) is 25.5 Å². The molecule has 1 nitrogen and oxygen atoms in total. The van der Waals surface area contributed by atoms with Crippen molar-refractivity contribution in [1.29, 1.82) is 0 Å². The fourth-order valence-electron chi connectivity index (χ4n) is 0.692. The zero-order chi connectivity index (χ0) is 9.82. The van der Waals surface area contributed by atoms with Crippen molar-refractivity contribution < 1.29 is 0 Å². The highest BCUT2D eigenvalue weighted by molar-refractivity contribution is 4.76. The summed E-state index contributed by atoms with van der Waals surface area (Å²) in [6.07, 6.45) is 8.56. The van der Waals surface area contributed by atoms with Crippen molar-refractivity contribution in [3.8, 4) is 0 Å². The lowest BCUT2D eigenvalue weighted by Crippen LogP contribution is -2.12. The summed E-state index contributed by atoms with van der Waals surface area (Å²) >= 11 is 0. The molecule has 0 spiro atoms. The summed E-state index contributed by atoms with van der Waals surface area (Å²) in [6, 6.07) is 0. The maximum atomic E-state index is 3.36. The number of hydrogen-bond acceptors (Lipinski definition) is 1. The largest absolute Gasteiger partial charge is 0.309 e. The standard InChI is InChI=1S/C8H17N.C3H6/c1-4-5-6-7-8-9(2)3;1-3-2/h4-5H,6-8H2,1-3H3;3H,1H2,2H3.